The van der Waals surface area contributed by atoms with Gasteiger partial charge in [-0.1, -0.05) is 32.9 Å². The van der Waals surface area contributed by atoms with E-state index in [0.29, 0.717) is 6.54 Å². The molecule has 17 atom stereocenters. The SMILES string of the molecule is CC[C@H]1OC(=O)[C@H](C)[C@@H](O[C@H]2C[C@@](C)(OC)[C@@H](O)[C@H](C)O2)[C@H](C)[C@@H](O[C@@H]2O[C@H](C)C=C[C@H]2O)[C@](C)(O)C[C@@H](C)CN(C)[C@H](C)[C@H](O)[C@]1(C)O. The van der Waals surface area contributed by atoms with Crippen LogP contribution in [0, 0.1) is 17.8 Å². The lowest BCUT2D eigenvalue weighted by molar-refractivity contribution is -0.309. The monoisotopic (exact) mass is 703 g/mol. The van der Waals surface area contributed by atoms with Crippen LogP contribution in [0.2, 0.25) is 0 Å². The van der Waals surface area contributed by atoms with Crippen molar-refractivity contribution in [3.05, 3.63) is 12.2 Å². The third-order valence-corrected chi connectivity index (χ3v) is 11.1. The van der Waals surface area contributed by atoms with Crippen LogP contribution in [0.25, 0.3) is 0 Å². The van der Waals surface area contributed by atoms with Crippen LogP contribution >= 0.6 is 0 Å². The first kappa shape index (κ1) is 42.2. The fourth-order valence-electron chi connectivity index (χ4n) is 7.89. The first-order chi connectivity index (χ1) is 22.6. The van der Waals surface area contributed by atoms with E-state index in [1.165, 1.54) is 14.0 Å². The summed E-state index contributed by atoms with van der Waals surface area (Å²) in [5, 5.41) is 57.1. The molecule has 0 bridgehead atoms. The average Bonchev–Trinajstić information content (AvgIpc) is 3.02. The van der Waals surface area contributed by atoms with Crippen LogP contribution in [0.3, 0.4) is 0 Å². The molecule has 13 heteroatoms. The Hall–Kier alpha value is -1.23. The van der Waals surface area contributed by atoms with Gasteiger partial charge in [0.15, 0.2) is 12.6 Å². The summed E-state index contributed by atoms with van der Waals surface area (Å²) in [4.78, 5) is 16.0. The second-order valence-electron chi connectivity index (χ2n) is 15.7. The molecule has 3 heterocycles. The number of hydrogen-bond donors (Lipinski definition) is 5. The predicted molar refractivity (Wildman–Crippen MR) is 181 cm³/mol. The number of ether oxygens (including phenoxy) is 6. The summed E-state index contributed by atoms with van der Waals surface area (Å²) in [6.07, 6.45) is -5.61. The van der Waals surface area contributed by atoms with Crippen molar-refractivity contribution < 1.29 is 58.7 Å². The van der Waals surface area contributed by atoms with E-state index >= 15 is 0 Å². The van der Waals surface area contributed by atoms with Crippen LogP contribution in [0.5, 0.6) is 0 Å². The number of hydrogen-bond acceptors (Lipinski definition) is 13. The molecular formula is C36H65NO12. The number of methoxy groups -OCH3 is 1. The Morgan fingerprint density at radius 1 is 0.939 bits per heavy atom. The topological polar surface area (TPSA) is 177 Å². The van der Waals surface area contributed by atoms with Crippen LogP contribution in [0.1, 0.15) is 88.5 Å². The number of rotatable bonds is 6. The maximum atomic E-state index is 14.1. The number of cyclic esters (lactones) is 1. The van der Waals surface area contributed by atoms with Crippen LogP contribution in [-0.4, -0.2) is 141 Å². The largest absolute Gasteiger partial charge is 0.459 e. The van der Waals surface area contributed by atoms with Crippen molar-refractivity contribution in [3.63, 3.8) is 0 Å². The van der Waals surface area contributed by atoms with Crippen molar-refractivity contribution in [2.45, 2.75) is 173 Å². The van der Waals surface area contributed by atoms with Crippen molar-refractivity contribution in [1.29, 1.82) is 0 Å². The lowest BCUT2D eigenvalue weighted by Crippen LogP contribution is -2.59. The van der Waals surface area contributed by atoms with E-state index in [-0.39, 0.29) is 31.3 Å². The van der Waals surface area contributed by atoms with E-state index in [4.69, 9.17) is 28.4 Å². The van der Waals surface area contributed by atoms with Gasteiger partial charge < -0.3 is 58.9 Å². The summed E-state index contributed by atoms with van der Waals surface area (Å²) in [6, 6.07) is -0.533. The standard InChI is InChI=1S/C36H65NO12/c1-13-26-36(10,43)29(39)23(6)37(11)18-19(2)16-34(8,42)31(49-33-25(38)15-14-20(3)45-33)21(4)28(22(5)32(41)47-26)48-27-17-35(9,44-12)30(40)24(7)46-27/h14-15,19-31,33,38-40,42-43H,13,16-18H2,1-12H3/t19-,20-,21+,22-,23-,24+,25-,26-,27+,28+,29+,30+,31-,33+,34-,35-,36-/m1/s1. The molecule has 0 amide bonds. The first-order valence-electron chi connectivity index (χ1n) is 17.8. The Balaban J connectivity index is 2.15. The van der Waals surface area contributed by atoms with Crippen LogP contribution in [0.15, 0.2) is 12.2 Å². The van der Waals surface area contributed by atoms with Crippen molar-refractivity contribution in [3.8, 4) is 0 Å². The van der Waals surface area contributed by atoms with Gasteiger partial charge in [0.2, 0.25) is 0 Å². The van der Waals surface area contributed by atoms with E-state index in [9.17, 15) is 30.3 Å². The molecule has 3 rings (SSSR count). The summed E-state index contributed by atoms with van der Waals surface area (Å²) in [7, 11) is 3.33. The van der Waals surface area contributed by atoms with E-state index in [1.54, 1.807) is 60.6 Å². The molecule has 0 unspecified atom stereocenters. The van der Waals surface area contributed by atoms with E-state index in [0.717, 1.165) is 0 Å². The van der Waals surface area contributed by atoms with Gasteiger partial charge in [0.25, 0.3) is 0 Å². The molecule has 0 aliphatic carbocycles. The van der Waals surface area contributed by atoms with Crippen molar-refractivity contribution in [1.82, 2.24) is 4.90 Å². The Morgan fingerprint density at radius 3 is 2.16 bits per heavy atom. The molecule has 3 aliphatic rings. The predicted octanol–water partition coefficient (Wildman–Crippen LogP) is 2.14. The van der Waals surface area contributed by atoms with Crippen LogP contribution < -0.4 is 0 Å². The van der Waals surface area contributed by atoms with Gasteiger partial charge in [0.1, 0.15) is 30.0 Å². The highest BCUT2D eigenvalue weighted by atomic mass is 16.7. The molecule has 286 valence electrons. The molecule has 2 saturated heterocycles. The quantitative estimate of drug-likeness (QED) is 0.201. The second kappa shape index (κ2) is 16.6. The minimum atomic E-state index is -1.79. The lowest BCUT2D eigenvalue weighted by Gasteiger charge is -2.47. The van der Waals surface area contributed by atoms with E-state index in [1.807, 2.05) is 25.8 Å². The number of carbonyl (C=O) groups is 1. The molecule has 0 aromatic heterocycles. The molecular weight excluding hydrogens is 638 g/mol. The summed E-state index contributed by atoms with van der Waals surface area (Å²) in [5.74, 6) is -2.57. The third-order valence-electron chi connectivity index (χ3n) is 11.1. The first-order valence-corrected chi connectivity index (χ1v) is 17.8. The lowest BCUT2D eigenvalue weighted by atomic mass is 9.77. The van der Waals surface area contributed by atoms with Crippen LogP contribution in [-0.2, 0) is 33.2 Å². The number of aliphatic hydroxyl groups excluding tert-OH is 3. The number of nitrogens with zero attached hydrogens (tertiary/aromatic N) is 1. The number of aliphatic hydroxyl groups is 5. The van der Waals surface area contributed by atoms with Crippen LogP contribution in [0.4, 0.5) is 0 Å². The smallest absolute Gasteiger partial charge is 0.311 e. The Kier molecular flexibility index (Phi) is 14.3. The van der Waals surface area contributed by atoms with Crippen molar-refractivity contribution in [2.75, 3.05) is 20.7 Å². The minimum Gasteiger partial charge on any atom is -0.459 e. The molecule has 3 aliphatic heterocycles. The normalized spacial score (nSPS) is 49.9. The number of likely N-dealkylation sites (N-methyl/N-ethyl adjacent to an activating group) is 1. The van der Waals surface area contributed by atoms with Gasteiger partial charge in [-0.25, -0.2) is 0 Å². The summed E-state index contributed by atoms with van der Waals surface area (Å²) >= 11 is 0. The molecule has 0 spiro atoms. The maximum absolute atomic E-state index is 14.1. The number of carbonyl (C=O) groups excluding carboxylic acids is 1. The molecule has 0 aromatic rings. The average molecular weight is 704 g/mol. The molecule has 0 radical (unpaired) electrons. The highest BCUT2D eigenvalue weighted by Crippen LogP contribution is 2.39. The third kappa shape index (κ3) is 9.61. The summed E-state index contributed by atoms with van der Waals surface area (Å²) in [5.41, 5.74) is -4.35. The zero-order valence-electron chi connectivity index (χ0n) is 31.6. The van der Waals surface area contributed by atoms with Crippen molar-refractivity contribution >= 4 is 5.97 Å². The summed E-state index contributed by atoms with van der Waals surface area (Å²) < 4.78 is 36.9. The highest BCUT2D eigenvalue weighted by Gasteiger charge is 2.52. The van der Waals surface area contributed by atoms with Gasteiger partial charge in [-0.15, -0.1) is 0 Å². The van der Waals surface area contributed by atoms with Gasteiger partial charge in [0.05, 0.1) is 41.5 Å². The van der Waals surface area contributed by atoms with Gasteiger partial charge in [-0.2, -0.15) is 0 Å². The zero-order valence-corrected chi connectivity index (χ0v) is 31.6. The number of esters is 1. The highest BCUT2D eigenvalue weighted by molar-refractivity contribution is 5.73. The maximum Gasteiger partial charge on any atom is 0.311 e. The molecule has 49 heavy (non-hydrogen) atoms. The minimum absolute atomic E-state index is 0.133. The van der Waals surface area contributed by atoms with E-state index < -0.39 is 96.0 Å². The molecule has 0 saturated carbocycles. The van der Waals surface area contributed by atoms with Gasteiger partial charge >= 0.3 is 5.97 Å². The van der Waals surface area contributed by atoms with Gasteiger partial charge in [0, 0.05) is 32.0 Å². The zero-order chi connectivity index (χ0) is 37.2. The van der Waals surface area contributed by atoms with Gasteiger partial charge in [-0.3, -0.25) is 4.79 Å². The summed E-state index contributed by atoms with van der Waals surface area (Å²) in [6.45, 7) is 17.8. The van der Waals surface area contributed by atoms with E-state index in [2.05, 4.69) is 0 Å². The van der Waals surface area contributed by atoms with Gasteiger partial charge in [-0.05, 0) is 74.3 Å². The molecule has 2 fully saturated rings. The second-order valence-corrected chi connectivity index (χ2v) is 15.7. The Morgan fingerprint density at radius 2 is 1.57 bits per heavy atom. The Bertz CT molecular complexity index is 1100. The fourth-order valence-corrected chi connectivity index (χ4v) is 7.89. The molecule has 13 nitrogen and oxygen atoms in total. The molecule has 5 N–H and O–H groups in total. The van der Waals surface area contributed by atoms with Crippen molar-refractivity contribution in [2.24, 2.45) is 17.8 Å². The fraction of sp³-hybridized carbons (Fsp3) is 0.917. The Labute approximate surface area is 292 Å². The molecule has 0 aromatic carbocycles.